The molecular weight excluding hydrogens is 233 g/mol. The number of carbonyl (C=O) groups is 1. The number of carbonyl (C=O) groups excluding carboxylic acids is 1. The fraction of sp³-hybridized carbons (Fsp3) is 0.500. The fourth-order valence-corrected chi connectivity index (χ4v) is 2.19. The zero-order valence-electron chi connectivity index (χ0n) is 10.6. The lowest BCUT2D eigenvalue weighted by Crippen LogP contribution is -2.30. The highest BCUT2D eigenvalue weighted by Crippen LogP contribution is 2.14. The summed E-state index contributed by atoms with van der Waals surface area (Å²) in [7, 11) is 1.87. The van der Waals surface area contributed by atoms with Crippen LogP contribution in [0.5, 0.6) is 0 Å². The third-order valence-corrected chi connectivity index (χ3v) is 3.15. The van der Waals surface area contributed by atoms with Gasteiger partial charge in [0, 0.05) is 19.1 Å². The zero-order chi connectivity index (χ0) is 13.0. The van der Waals surface area contributed by atoms with Gasteiger partial charge in [-0.15, -0.1) is 0 Å². The molecule has 1 saturated heterocycles. The number of ether oxygens (including phenoxy) is 1. The van der Waals surface area contributed by atoms with E-state index in [0.29, 0.717) is 26.3 Å². The van der Waals surface area contributed by atoms with E-state index in [4.69, 9.17) is 4.74 Å². The fourth-order valence-electron chi connectivity index (χ4n) is 2.19. The number of likely N-dealkylation sites (N-methyl/N-ethyl adjacent to an activating group) is 1. The molecule has 1 aromatic rings. The van der Waals surface area contributed by atoms with Crippen molar-refractivity contribution in [1.82, 2.24) is 4.90 Å². The Hall–Kier alpha value is -1.26. The molecule has 98 valence electrons. The van der Waals surface area contributed by atoms with E-state index in [1.807, 2.05) is 18.0 Å². The van der Waals surface area contributed by atoms with Gasteiger partial charge in [-0.05, 0) is 31.2 Å². The smallest absolute Gasteiger partial charge is 0.152 e. The van der Waals surface area contributed by atoms with Gasteiger partial charge >= 0.3 is 0 Å². The third kappa shape index (κ3) is 3.62. The molecule has 0 spiro atoms. The zero-order valence-corrected chi connectivity index (χ0v) is 10.6. The van der Waals surface area contributed by atoms with E-state index in [0.717, 1.165) is 12.0 Å². The van der Waals surface area contributed by atoms with Crippen LogP contribution in [0.25, 0.3) is 0 Å². The Kier molecular flexibility index (Phi) is 4.44. The van der Waals surface area contributed by atoms with Gasteiger partial charge in [0.15, 0.2) is 5.78 Å². The van der Waals surface area contributed by atoms with Crippen molar-refractivity contribution in [2.45, 2.75) is 13.0 Å². The molecule has 18 heavy (non-hydrogen) atoms. The average Bonchev–Trinajstić information content (AvgIpc) is 2.81. The summed E-state index contributed by atoms with van der Waals surface area (Å²) in [5.74, 6) is 0.0165. The number of hydrogen-bond donors (Lipinski definition) is 0. The number of hydrogen-bond acceptors (Lipinski definition) is 3. The molecule has 1 atom stereocenters. The van der Waals surface area contributed by atoms with Crippen molar-refractivity contribution in [2.75, 3.05) is 26.8 Å². The summed E-state index contributed by atoms with van der Waals surface area (Å²) in [5, 5.41) is 0. The summed E-state index contributed by atoms with van der Waals surface area (Å²) < 4.78 is 18.2. The molecular formula is C14H18FNO2. The minimum Gasteiger partial charge on any atom is -0.381 e. The number of nitrogens with zero attached hydrogens (tertiary/aromatic N) is 1. The van der Waals surface area contributed by atoms with Gasteiger partial charge in [0.1, 0.15) is 5.82 Å². The largest absolute Gasteiger partial charge is 0.381 e. The van der Waals surface area contributed by atoms with Crippen molar-refractivity contribution in [3.8, 4) is 0 Å². The first-order valence-corrected chi connectivity index (χ1v) is 6.18. The predicted molar refractivity (Wildman–Crippen MR) is 66.7 cm³/mol. The van der Waals surface area contributed by atoms with E-state index < -0.39 is 0 Å². The monoisotopic (exact) mass is 251 g/mol. The number of ketones is 1. The lowest BCUT2D eigenvalue weighted by molar-refractivity contribution is -0.123. The highest BCUT2D eigenvalue weighted by Gasteiger charge is 2.24. The van der Waals surface area contributed by atoms with Crippen LogP contribution in [0, 0.1) is 11.7 Å². The Morgan fingerprint density at radius 1 is 1.56 bits per heavy atom. The van der Waals surface area contributed by atoms with Gasteiger partial charge in [-0.1, -0.05) is 12.1 Å². The van der Waals surface area contributed by atoms with E-state index in [2.05, 4.69) is 0 Å². The van der Waals surface area contributed by atoms with Crippen molar-refractivity contribution < 1.29 is 13.9 Å². The Morgan fingerprint density at radius 2 is 2.39 bits per heavy atom. The average molecular weight is 251 g/mol. The summed E-state index contributed by atoms with van der Waals surface area (Å²) in [4.78, 5) is 13.8. The SMILES string of the molecule is CN(CC(=O)C1CCOC1)Cc1cccc(F)c1. The molecule has 4 heteroatoms. The van der Waals surface area contributed by atoms with Crippen LogP contribution in [-0.4, -0.2) is 37.5 Å². The first-order valence-electron chi connectivity index (χ1n) is 6.18. The van der Waals surface area contributed by atoms with Crippen molar-refractivity contribution in [2.24, 2.45) is 5.92 Å². The Bertz CT molecular complexity index is 416. The van der Waals surface area contributed by atoms with Gasteiger partial charge in [0.2, 0.25) is 0 Å². The van der Waals surface area contributed by atoms with Crippen LogP contribution in [0.15, 0.2) is 24.3 Å². The van der Waals surface area contributed by atoms with Crippen molar-refractivity contribution in [3.05, 3.63) is 35.6 Å². The second-order valence-electron chi connectivity index (χ2n) is 4.83. The second kappa shape index (κ2) is 6.07. The van der Waals surface area contributed by atoms with Crippen molar-refractivity contribution >= 4 is 5.78 Å². The highest BCUT2D eigenvalue weighted by molar-refractivity contribution is 5.83. The van der Waals surface area contributed by atoms with E-state index in [1.165, 1.54) is 12.1 Å². The van der Waals surface area contributed by atoms with Gasteiger partial charge in [0.05, 0.1) is 13.2 Å². The van der Waals surface area contributed by atoms with Crippen molar-refractivity contribution in [1.29, 1.82) is 0 Å². The molecule has 1 unspecified atom stereocenters. The van der Waals surface area contributed by atoms with Crippen LogP contribution in [-0.2, 0) is 16.1 Å². The topological polar surface area (TPSA) is 29.5 Å². The lowest BCUT2D eigenvalue weighted by Gasteiger charge is -2.17. The van der Waals surface area contributed by atoms with Gasteiger partial charge in [0.25, 0.3) is 0 Å². The second-order valence-corrected chi connectivity index (χ2v) is 4.83. The van der Waals surface area contributed by atoms with Gasteiger partial charge in [-0.2, -0.15) is 0 Å². The Morgan fingerprint density at radius 3 is 3.06 bits per heavy atom. The summed E-state index contributed by atoms with van der Waals surface area (Å²) in [6.45, 7) is 2.21. The standard InChI is InChI=1S/C14H18FNO2/c1-16(8-11-3-2-4-13(15)7-11)9-14(17)12-5-6-18-10-12/h2-4,7,12H,5-6,8-10H2,1H3. The van der Waals surface area contributed by atoms with Crippen LogP contribution >= 0.6 is 0 Å². The van der Waals surface area contributed by atoms with Gasteiger partial charge in [-0.3, -0.25) is 9.69 Å². The molecule has 1 aromatic carbocycles. The molecule has 1 fully saturated rings. The van der Waals surface area contributed by atoms with E-state index in [1.54, 1.807) is 6.07 Å². The number of Topliss-reactive ketones (excluding diaryl/α,β-unsaturated/α-hetero) is 1. The van der Waals surface area contributed by atoms with Crippen molar-refractivity contribution in [3.63, 3.8) is 0 Å². The predicted octanol–water partition coefficient (Wildman–Crippen LogP) is 1.86. The summed E-state index contributed by atoms with van der Waals surface area (Å²) >= 11 is 0. The van der Waals surface area contributed by atoms with Crippen LogP contribution in [0.3, 0.4) is 0 Å². The van der Waals surface area contributed by atoms with E-state index in [9.17, 15) is 9.18 Å². The number of halogens is 1. The molecule has 2 rings (SSSR count). The Balaban J connectivity index is 1.84. The molecule has 0 radical (unpaired) electrons. The van der Waals surface area contributed by atoms with Gasteiger partial charge < -0.3 is 4.74 Å². The van der Waals surface area contributed by atoms with Crippen LogP contribution in [0.1, 0.15) is 12.0 Å². The molecule has 0 aromatic heterocycles. The van der Waals surface area contributed by atoms with E-state index >= 15 is 0 Å². The van der Waals surface area contributed by atoms with E-state index in [-0.39, 0.29) is 17.5 Å². The first kappa shape index (κ1) is 13.2. The molecule has 1 aliphatic rings. The summed E-state index contributed by atoms with van der Waals surface area (Å²) in [6.07, 6.45) is 0.826. The van der Waals surface area contributed by atoms with Crippen LogP contribution in [0.4, 0.5) is 4.39 Å². The minimum absolute atomic E-state index is 0.0416. The number of rotatable bonds is 5. The quantitative estimate of drug-likeness (QED) is 0.800. The molecule has 0 saturated carbocycles. The maximum absolute atomic E-state index is 13.0. The molecule has 1 heterocycles. The third-order valence-electron chi connectivity index (χ3n) is 3.15. The van der Waals surface area contributed by atoms with Crippen LogP contribution < -0.4 is 0 Å². The normalized spacial score (nSPS) is 19.4. The summed E-state index contributed by atoms with van der Waals surface area (Å²) in [5.41, 5.74) is 0.882. The molecule has 3 nitrogen and oxygen atoms in total. The minimum atomic E-state index is -0.239. The first-order chi connectivity index (χ1) is 8.65. The summed E-state index contributed by atoms with van der Waals surface area (Å²) in [6, 6.07) is 6.47. The maximum atomic E-state index is 13.0. The van der Waals surface area contributed by atoms with Gasteiger partial charge in [-0.25, -0.2) is 4.39 Å². The highest BCUT2D eigenvalue weighted by atomic mass is 19.1. The molecule has 0 N–H and O–H groups in total. The lowest BCUT2D eigenvalue weighted by atomic mass is 10.0. The molecule has 0 amide bonds. The molecule has 0 aliphatic carbocycles. The maximum Gasteiger partial charge on any atom is 0.152 e. The number of benzene rings is 1. The van der Waals surface area contributed by atoms with Crippen LogP contribution in [0.2, 0.25) is 0 Å². The Labute approximate surface area is 107 Å². The molecule has 0 bridgehead atoms. The molecule has 1 aliphatic heterocycles.